The quantitative estimate of drug-likeness (QED) is 0.400. The fourth-order valence-electron chi connectivity index (χ4n) is 3.26. The van der Waals surface area contributed by atoms with Gasteiger partial charge in [0.15, 0.2) is 5.13 Å². The van der Waals surface area contributed by atoms with Crippen LogP contribution < -0.4 is 14.8 Å². The van der Waals surface area contributed by atoms with Crippen LogP contribution in [0.15, 0.2) is 60.7 Å². The highest BCUT2D eigenvalue weighted by molar-refractivity contribution is 7.22. The van der Waals surface area contributed by atoms with Crippen LogP contribution in [0.5, 0.6) is 11.5 Å². The number of aromatic nitrogens is 3. The number of fused-ring (bicyclic) bond motifs is 2. The third-order valence-corrected chi connectivity index (χ3v) is 5.58. The van der Waals surface area contributed by atoms with Crippen LogP contribution in [-0.2, 0) is 0 Å². The molecule has 0 saturated heterocycles. The molecule has 144 valence electrons. The molecular weight excluding hydrogens is 384 g/mol. The third kappa shape index (κ3) is 3.25. The molecule has 0 aliphatic rings. The lowest BCUT2D eigenvalue weighted by molar-refractivity contribution is 0.397. The van der Waals surface area contributed by atoms with Crippen molar-refractivity contribution in [2.75, 3.05) is 19.5 Å². The van der Waals surface area contributed by atoms with Crippen molar-refractivity contribution in [3.8, 4) is 22.9 Å². The van der Waals surface area contributed by atoms with Crippen molar-refractivity contribution >= 4 is 43.4 Å². The van der Waals surface area contributed by atoms with Gasteiger partial charge in [0.05, 0.1) is 30.0 Å². The molecule has 29 heavy (non-hydrogen) atoms. The monoisotopic (exact) mass is 402 g/mol. The summed E-state index contributed by atoms with van der Waals surface area (Å²) in [5.41, 5.74) is 4.73. The molecule has 2 aromatic heterocycles. The topological polar surface area (TPSA) is 72.1 Å². The first kappa shape index (κ1) is 17.5. The Hall–Kier alpha value is -3.58. The largest absolute Gasteiger partial charge is 0.497 e. The van der Waals surface area contributed by atoms with Crippen LogP contribution in [0.3, 0.4) is 0 Å². The van der Waals surface area contributed by atoms with Gasteiger partial charge >= 0.3 is 0 Å². The lowest BCUT2D eigenvalue weighted by Gasteiger charge is -2.04. The van der Waals surface area contributed by atoms with Gasteiger partial charge in [0.25, 0.3) is 0 Å². The summed E-state index contributed by atoms with van der Waals surface area (Å²) in [6.45, 7) is 0. The zero-order valence-electron chi connectivity index (χ0n) is 15.9. The first-order chi connectivity index (χ1) is 14.2. The highest BCUT2D eigenvalue weighted by Crippen LogP contribution is 2.37. The normalized spacial score (nSPS) is 11.1. The van der Waals surface area contributed by atoms with Gasteiger partial charge in [-0.3, -0.25) is 0 Å². The van der Waals surface area contributed by atoms with Gasteiger partial charge in [0.1, 0.15) is 22.8 Å². The van der Waals surface area contributed by atoms with Crippen molar-refractivity contribution in [2.45, 2.75) is 0 Å². The lowest BCUT2D eigenvalue weighted by atomic mass is 10.2. The number of imidazole rings is 1. The van der Waals surface area contributed by atoms with E-state index in [-0.39, 0.29) is 0 Å². The average molecular weight is 402 g/mol. The van der Waals surface area contributed by atoms with Gasteiger partial charge < -0.3 is 19.8 Å². The SMILES string of the molecule is COc1cc(OC)c2nc(Nc3cccc(-c4nc5ccccc5[nH]4)c3)sc2c1. The minimum atomic E-state index is 0.694. The van der Waals surface area contributed by atoms with Gasteiger partial charge in [0.2, 0.25) is 0 Å². The van der Waals surface area contributed by atoms with Gasteiger partial charge in [0, 0.05) is 17.3 Å². The molecule has 0 atom stereocenters. The van der Waals surface area contributed by atoms with E-state index in [4.69, 9.17) is 14.5 Å². The summed E-state index contributed by atoms with van der Waals surface area (Å²) in [4.78, 5) is 12.7. The predicted molar refractivity (Wildman–Crippen MR) is 118 cm³/mol. The van der Waals surface area contributed by atoms with E-state index in [0.29, 0.717) is 5.75 Å². The summed E-state index contributed by atoms with van der Waals surface area (Å²) in [7, 11) is 3.28. The Balaban J connectivity index is 1.48. The molecule has 3 aromatic carbocycles. The Labute approximate surface area is 171 Å². The number of rotatable bonds is 5. The number of nitrogens with one attached hydrogen (secondary N) is 2. The van der Waals surface area contributed by atoms with Gasteiger partial charge in [-0.1, -0.05) is 35.6 Å². The van der Waals surface area contributed by atoms with Crippen LogP contribution in [0.1, 0.15) is 0 Å². The van der Waals surface area contributed by atoms with Crippen molar-refractivity contribution in [3.05, 3.63) is 60.7 Å². The molecule has 0 aliphatic carbocycles. The maximum Gasteiger partial charge on any atom is 0.188 e. The Bertz CT molecular complexity index is 1290. The van der Waals surface area contributed by atoms with Crippen molar-refractivity contribution in [3.63, 3.8) is 0 Å². The second kappa shape index (κ2) is 7.10. The summed E-state index contributed by atoms with van der Waals surface area (Å²) in [5, 5.41) is 4.18. The molecule has 6 nitrogen and oxygen atoms in total. The van der Waals surface area contributed by atoms with E-state index in [9.17, 15) is 0 Å². The number of ether oxygens (including phenoxy) is 2. The minimum Gasteiger partial charge on any atom is -0.497 e. The van der Waals surface area contributed by atoms with E-state index >= 15 is 0 Å². The second-order valence-corrected chi connectivity index (χ2v) is 7.53. The Kier molecular flexibility index (Phi) is 4.29. The number of benzene rings is 3. The minimum absolute atomic E-state index is 0.694. The zero-order valence-corrected chi connectivity index (χ0v) is 16.7. The van der Waals surface area contributed by atoms with E-state index in [1.807, 2.05) is 54.6 Å². The molecule has 0 radical (unpaired) electrons. The van der Waals surface area contributed by atoms with E-state index in [2.05, 4.69) is 21.4 Å². The highest BCUT2D eigenvalue weighted by atomic mass is 32.1. The predicted octanol–water partition coefficient (Wildman–Crippen LogP) is 5.60. The molecule has 0 unspecified atom stereocenters. The molecule has 2 heterocycles. The molecule has 0 saturated carbocycles. The van der Waals surface area contributed by atoms with Crippen LogP contribution >= 0.6 is 11.3 Å². The first-order valence-electron chi connectivity index (χ1n) is 9.08. The summed E-state index contributed by atoms with van der Waals surface area (Å²) in [5.74, 6) is 2.28. The van der Waals surface area contributed by atoms with Crippen LogP contribution in [0.4, 0.5) is 10.8 Å². The average Bonchev–Trinajstić information content (AvgIpc) is 3.36. The van der Waals surface area contributed by atoms with Crippen molar-refractivity contribution in [1.29, 1.82) is 0 Å². The molecule has 0 aliphatic heterocycles. The summed E-state index contributed by atoms with van der Waals surface area (Å²) < 4.78 is 11.8. The lowest BCUT2D eigenvalue weighted by Crippen LogP contribution is -1.91. The summed E-state index contributed by atoms with van der Waals surface area (Å²) in [6.07, 6.45) is 0. The molecule has 2 N–H and O–H groups in total. The van der Waals surface area contributed by atoms with Crippen LogP contribution in [0.25, 0.3) is 32.6 Å². The number of thiazole rings is 1. The maximum atomic E-state index is 5.46. The zero-order chi connectivity index (χ0) is 19.8. The van der Waals surface area contributed by atoms with E-state index in [0.717, 1.165) is 49.2 Å². The van der Waals surface area contributed by atoms with Crippen LogP contribution in [0.2, 0.25) is 0 Å². The van der Waals surface area contributed by atoms with Gasteiger partial charge in [-0.25, -0.2) is 9.97 Å². The Morgan fingerprint density at radius 2 is 1.83 bits per heavy atom. The summed E-state index contributed by atoms with van der Waals surface area (Å²) >= 11 is 1.55. The molecule has 0 fully saturated rings. The third-order valence-electron chi connectivity index (χ3n) is 4.67. The molecular formula is C22H18N4O2S. The van der Waals surface area contributed by atoms with Crippen molar-refractivity contribution in [1.82, 2.24) is 15.0 Å². The second-order valence-electron chi connectivity index (χ2n) is 6.50. The number of hydrogen-bond acceptors (Lipinski definition) is 6. The van der Waals surface area contributed by atoms with Crippen LogP contribution in [0, 0.1) is 0 Å². The molecule has 7 heteroatoms. The number of aromatic amines is 1. The van der Waals surface area contributed by atoms with Gasteiger partial charge in [-0.2, -0.15) is 0 Å². The Morgan fingerprint density at radius 1 is 0.931 bits per heavy atom. The number of H-pyrrole nitrogens is 1. The van der Waals surface area contributed by atoms with Crippen LogP contribution in [-0.4, -0.2) is 29.2 Å². The fourth-order valence-corrected chi connectivity index (χ4v) is 4.19. The number of methoxy groups -OCH3 is 2. The summed E-state index contributed by atoms with van der Waals surface area (Å²) in [6, 6.07) is 19.9. The number of para-hydroxylation sites is 2. The molecule has 0 spiro atoms. The maximum absolute atomic E-state index is 5.46. The van der Waals surface area contributed by atoms with E-state index in [1.165, 1.54) is 0 Å². The Morgan fingerprint density at radius 3 is 2.66 bits per heavy atom. The van der Waals surface area contributed by atoms with E-state index in [1.54, 1.807) is 25.6 Å². The highest BCUT2D eigenvalue weighted by Gasteiger charge is 2.12. The van der Waals surface area contributed by atoms with Gasteiger partial charge in [-0.05, 0) is 30.3 Å². The van der Waals surface area contributed by atoms with Gasteiger partial charge in [-0.15, -0.1) is 0 Å². The molecule has 0 amide bonds. The molecule has 5 aromatic rings. The van der Waals surface area contributed by atoms with Crippen molar-refractivity contribution in [2.24, 2.45) is 0 Å². The molecule has 5 rings (SSSR count). The first-order valence-corrected chi connectivity index (χ1v) is 9.90. The number of anilines is 2. The number of nitrogens with zero attached hydrogens (tertiary/aromatic N) is 2. The molecule has 0 bridgehead atoms. The smallest absolute Gasteiger partial charge is 0.188 e. The van der Waals surface area contributed by atoms with Crippen molar-refractivity contribution < 1.29 is 9.47 Å². The van der Waals surface area contributed by atoms with E-state index < -0.39 is 0 Å². The number of hydrogen-bond donors (Lipinski definition) is 2. The fraction of sp³-hybridized carbons (Fsp3) is 0.0909. The standard InChI is InChI=1S/C22H18N4O2S/c1-27-15-11-18(28-2)20-19(12-15)29-22(26-20)23-14-7-5-6-13(10-14)21-24-16-8-3-4-9-17(16)25-21/h3-12H,1-2H3,(H,23,26)(H,24,25).